The fourth-order valence-electron chi connectivity index (χ4n) is 2.16. The van der Waals surface area contributed by atoms with Crippen LogP contribution in [0.5, 0.6) is 0 Å². The van der Waals surface area contributed by atoms with Crippen molar-refractivity contribution in [3.05, 3.63) is 29.3 Å². The van der Waals surface area contributed by atoms with E-state index in [-0.39, 0.29) is 12.3 Å². The van der Waals surface area contributed by atoms with Crippen molar-refractivity contribution in [1.29, 1.82) is 5.26 Å². The van der Waals surface area contributed by atoms with Crippen LogP contribution >= 0.6 is 0 Å². The summed E-state index contributed by atoms with van der Waals surface area (Å²) in [6.45, 7) is 3.15. The smallest absolute Gasteiger partial charge is 0.417 e. The predicted octanol–water partition coefficient (Wildman–Crippen LogP) is 2.60. The fourth-order valence-corrected chi connectivity index (χ4v) is 3.27. The number of halogens is 3. The minimum Gasteiger partial charge on any atom is -0.481 e. The zero-order chi connectivity index (χ0) is 19.4. The van der Waals surface area contributed by atoms with Crippen LogP contribution in [-0.2, 0) is 21.0 Å². The summed E-state index contributed by atoms with van der Waals surface area (Å²) in [4.78, 5) is 10.6. The monoisotopic (exact) mass is 378 g/mol. The number of aliphatic carboxylic acids is 1. The molecule has 0 heterocycles. The number of alkyl halides is 3. The minimum atomic E-state index is -4.79. The van der Waals surface area contributed by atoms with E-state index in [1.54, 1.807) is 13.8 Å². The minimum absolute atomic E-state index is 0.0156. The molecule has 2 N–H and O–H groups in total. The van der Waals surface area contributed by atoms with Gasteiger partial charge in [0.1, 0.15) is 0 Å². The number of rotatable bonds is 7. The molecule has 1 aromatic rings. The van der Waals surface area contributed by atoms with Crippen molar-refractivity contribution in [1.82, 2.24) is 4.72 Å². The van der Waals surface area contributed by atoms with Crippen molar-refractivity contribution in [2.75, 3.05) is 6.54 Å². The van der Waals surface area contributed by atoms with Crippen LogP contribution in [-0.4, -0.2) is 26.0 Å². The number of carboxylic acids is 1. The Balaban J connectivity index is 3.07. The standard InChI is InChI=1S/C15H17F3N2O4S/c1-9(2)5-11(14(21)22)8-20-25(23,24)12-3-4-13(15(16,17)18)10(6-12)7-19/h3-4,6,9,11,20H,5,8H2,1-2H3,(H,21,22). The molecule has 0 radical (unpaired) electrons. The van der Waals surface area contributed by atoms with E-state index in [1.165, 1.54) is 6.07 Å². The summed E-state index contributed by atoms with van der Waals surface area (Å²) in [6, 6.07) is 3.17. The number of hydrogen-bond donors (Lipinski definition) is 2. The summed E-state index contributed by atoms with van der Waals surface area (Å²) in [6.07, 6.45) is -4.55. The number of benzene rings is 1. The number of hydrogen-bond acceptors (Lipinski definition) is 4. The van der Waals surface area contributed by atoms with Crippen LogP contribution in [0.2, 0.25) is 0 Å². The van der Waals surface area contributed by atoms with Crippen LogP contribution < -0.4 is 4.72 Å². The summed E-state index contributed by atoms with van der Waals surface area (Å²) < 4.78 is 64.7. The van der Waals surface area contributed by atoms with Crippen molar-refractivity contribution >= 4 is 16.0 Å². The van der Waals surface area contributed by atoms with Crippen LogP contribution in [0.3, 0.4) is 0 Å². The van der Waals surface area contributed by atoms with Crippen LogP contribution in [0.4, 0.5) is 13.2 Å². The van der Waals surface area contributed by atoms with Gasteiger partial charge in [-0.3, -0.25) is 4.79 Å². The molecule has 0 saturated heterocycles. The fraction of sp³-hybridized carbons (Fsp3) is 0.467. The van der Waals surface area contributed by atoms with Crippen LogP contribution in [0.1, 0.15) is 31.4 Å². The Morgan fingerprint density at radius 1 is 1.36 bits per heavy atom. The van der Waals surface area contributed by atoms with E-state index in [1.807, 2.05) is 0 Å². The Hall–Kier alpha value is -2.12. The normalized spacial score (nSPS) is 13.5. The molecule has 25 heavy (non-hydrogen) atoms. The summed E-state index contributed by atoms with van der Waals surface area (Å²) in [7, 11) is -4.25. The molecule has 0 fully saturated rings. The van der Waals surface area contributed by atoms with Gasteiger partial charge in [0.15, 0.2) is 0 Å². The molecule has 0 aromatic heterocycles. The number of nitrogens with zero attached hydrogens (tertiary/aromatic N) is 1. The van der Waals surface area contributed by atoms with Gasteiger partial charge in [-0.1, -0.05) is 13.8 Å². The van der Waals surface area contributed by atoms with Crippen molar-refractivity contribution in [2.45, 2.75) is 31.3 Å². The highest BCUT2D eigenvalue weighted by Gasteiger charge is 2.34. The highest BCUT2D eigenvalue weighted by atomic mass is 32.2. The highest BCUT2D eigenvalue weighted by molar-refractivity contribution is 7.89. The second kappa shape index (κ2) is 7.84. The van der Waals surface area contributed by atoms with Crippen molar-refractivity contribution < 1.29 is 31.5 Å². The maximum atomic E-state index is 12.7. The van der Waals surface area contributed by atoms with E-state index in [2.05, 4.69) is 4.72 Å². The summed E-state index contributed by atoms with van der Waals surface area (Å²) in [5.41, 5.74) is -2.07. The van der Waals surface area contributed by atoms with Gasteiger partial charge >= 0.3 is 12.1 Å². The first-order chi connectivity index (χ1) is 11.4. The maximum Gasteiger partial charge on any atom is 0.417 e. The van der Waals surface area contributed by atoms with E-state index in [9.17, 15) is 26.4 Å². The van der Waals surface area contributed by atoms with Gasteiger partial charge in [0, 0.05) is 6.54 Å². The largest absolute Gasteiger partial charge is 0.481 e. The molecule has 1 atom stereocenters. The van der Waals surface area contributed by atoms with Gasteiger partial charge in [0.25, 0.3) is 0 Å². The summed E-state index contributed by atoms with van der Waals surface area (Å²) in [5.74, 6) is -2.14. The molecule has 0 bridgehead atoms. The second-order valence-electron chi connectivity index (χ2n) is 5.83. The molecule has 138 valence electrons. The number of carbonyl (C=O) groups is 1. The van der Waals surface area contributed by atoms with Crippen molar-refractivity contribution in [2.24, 2.45) is 11.8 Å². The molecular weight excluding hydrogens is 361 g/mol. The second-order valence-corrected chi connectivity index (χ2v) is 7.60. The molecule has 0 saturated carbocycles. The molecule has 1 aromatic carbocycles. The lowest BCUT2D eigenvalue weighted by molar-refractivity contribution is -0.142. The third-order valence-electron chi connectivity index (χ3n) is 3.35. The van der Waals surface area contributed by atoms with Gasteiger partial charge in [0.2, 0.25) is 10.0 Å². The van der Waals surface area contributed by atoms with E-state index >= 15 is 0 Å². The van der Waals surface area contributed by atoms with E-state index in [0.29, 0.717) is 12.1 Å². The van der Waals surface area contributed by atoms with Gasteiger partial charge in [-0.05, 0) is 30.5 Å². The quantitative estimate of drug-likeness (QED) is 0.758. The third-order valence-corrected chi connectivity index (χ3v) is 4.77. The summed E-state index contributed by atoms with van der Waals surface area (Å²) >= 11 is 0. The van der Waals surface area contributed by atoms with E-state index in [0.717, 1.165) is 6.07 Å². The van der Waals surface area contributed by atoms with E-state index in [4.69, 9.17) is 10.4 Å². The average molecular weight is 378 g/mol. The third kappa shape index (κ3) is 5.72. The molecule has 0 aliphatic rings. The first kappa shape index (κ1) is 20.9. The summed E-state index contributed by atoms with van der Waals surface area (Å²) in [5, 5.41) is 17.9. The zero-order valence-corrected chi connectivity index (χ0v) is 14.3. The Morgan fingerprint density at radius 3 is 2.40 bits per heavy atom. The number of carboxylic acid groups (broad SMARTS) is 1. The highest BCUT2D eigenvalue weighted by Crippen LogP contribution is 2.32. The lowest BCUT2D eigenvalue weighted by Gasteiger charge is -2.16. The van der Waals surface area contributed by atoms with Gasteiger partial charge in [-0.15, -0.1) is 0 Å². The molecule has 1 rings (SSSR count). The number of sulfonamides is 1. The molecular formula is C15H17F3N2O4S. The van der Waals surface area contributed by atoms with Crippen molar-refractivity contribution in [3.63, 3.8) is 0 Å². The molecule has 0 amide bonds. The Kier molecular flexibility index (Phi) is 6.56. The topological polar surface area (TPSA) is 107 Å². The lowest BCUT2D eigenvalue weighted by Crippen LogP contribution is -2.33. The molecule has 1 unspecified atom stereocenters. The Labute approximate surface area is 143 Å². The van der Waals surface area contributed by atoms with Gasteiger partial charge < -0.3 is 5.11 Å². The van der Waals surface area contributed by atoms with Crippen LogP contribution in [0.15, 0.2) is 23.1 Å². The maximum absolute atomic E-state index is 12.7. The number of nitriles is 1. The predicted molar refractivity (Wildman–Crippen MR) is 81.9 cm³/mol. The average Bonchev–Trinajstić information content (AvgIpc) is 2.49. The van der Waals surface area contributed by atoms with Gasteiger partial charge in [-0.2, -0.15) is 18.4 Å². The first-order valence-corrected chi connectivity index (χ1v) is 8.70. The Bertz CT molecular complexity index is 783. The number of nitrogens with one attached hydrogen (secondary N) is 1. The lowest BCUT2D eigenvalue weighted by atomic mass is 9.98. The Morgan fingerprint density at radius 2 is 1.96 bits per heavy atom. The van der Waals surface area contributed by atoms with Gasteiger partial charge in [0.05, 0.1) is 28.0 Å². The zero-order valence-electron chi connectivity index (χ0n) is 13.5. The van der Waals surface area contributed by atoms with Gasteiger partial charge in [-0.25, -0.2) is 13.1 Å². The molecule has 0 aliphatic carbocycles. The first-order valence-electron chi connectivity index (χ1n) is 7.22. The van der Waals surface area contributed by atoms with Crippen molar-refractivity contribution in [3.8, 4) is 6.07 Å². The van der Waals surface area contributed by atoms with Crippen LogP contribution in [0.25, 0.3) is 0 Å². The molecule has 0 spiro atoms. The van der Waals surface area contributed by atoms with E-state index < -0.39 is 50.7 Å². The molecule has 6 nitrogen and oxygen atoms in total. The van der Waals surface area contributed by atoms with Crippen LogP contribution in [0, 0.1) is 23.2 Å². The SMILES string of the molecule is CC(C)CC(CNS(=O)(=O)c1ccc(C(F)(F)F)c(C#N)c1)C(=O)O. The molecule has 0 aliphatic heterocycles. The molecule has 10 heteroatoms.